The van der Waals surface area contributed by atoms with E-state index in [9.17, 15) is 5.11 Å². The third-order valence-corrected chi connectivity index (χ3v) is 2.84. The molecular weight excluding hydrogens is 190 g/mol. The van der Waals surface area contributed by atoms with Crippen LogP contribution in [0.15, 0.2) is 6.20 Å². The summed E-state index contributed by atoms with van der Waals surface area (Å²) in [6.07, 6.45) is 3.01. The van der Waals surface area contributed by atoms with E-state index in [1.807, 2.05) is 13.1 Å². The molecule has 0 saturated heterocycles. The maximum Gasteiger partial charge on any atom is 0.157 e. The number of aromatic nitrogens is 2. The molecule has 15 heavy (non-hydrogen) atoms. The normalized spacial score (nSPS) is 18.6. The van der Waals surface area contributed by atoms with Crippen molar-refractivity contribution in [3.63, 3.8) is 0 Å². The van der Waals surface area contributed by atoms with E-state index in [-0.39, 0.29) is 0 Å². The second kappa shape index (κ2) is 4.24. The lowest BCUT2D eigenvalue weighted by atomic mass is 10.1. The highest BCUT2D eigenvalue weighted by Gasteiger charge is 2.17. The third-order valence-electron chi connectivity index (χ3n) is 2.84. The summed E-state index contributed by atoms with van der Waals surface area (Å²) >= 11 is 0. The van der Waals surface area contributed by atoms with Crippen molar-refractivity contribution in [3.05, 3.63) is 23.3 Å². The highest BCUT2D eigenvalue weighted by Crippen LogP contribution is 2.18. The fourth-order valence-electron chi connectivity index (χ4n) is 1.79. The van der Waals surface area contributed by atoms with Gasteiger partial charge in [0.25, 0.3) is 0 Å². The molecule has 1 N–H and O–H groups in total. The van der Waals surface area contributed by atoms with Crippen molar-refractivity contribution in [1.82, 2.24) is 14.9 Å². The van der Waals surface area contributed by atoms with Gasteiger partial charge in [0.05, 0.1) is 5.69 Å². The van der Waals surface area contributed by atoms with Crippen molar-refractivity contribution in [2.24, 2.45) is 0 Å². The molecule has 0 amide bonds. The molecule has 1 atom stereocenters. The lowest BCUT2D eigenvalue weighted by Gasteiger charge is -2.24. The van der Waals surface area contributed by atoms with Crippen LogP contribution in [0.1, 0.15) is 36.5 Å². The molecule has 2 heterocycles. The zero-order valence-corrected chi connectivity index (χ0v) is 9.27. The topological polar surface area (TPSA) is 49.3 Å². The average molecular weight is 207 g/mol. The maximum absolute atomic E-state index is 9.66. The van der Waals surface area contributed by atoms with Crippen LogP contribution < -0.4 is 0 Å². The lowest BCUT2D eigenvalue weighted by Crippen LogP contribution is -2.28. The van der Waals surface area contributed by atoms with Crippen molar-refractivity contribution in [1.29, 1.82) is 0 Å². The number of likely N-dealkylation sites (N-methyl/N-ethyl adjacent to an activating group) is 1. The highest BCUT2D eigenvalue weighted by atomic mass is 16.3. The van der Waals surface area contributed by atoms with Gasteiger partial charge in [-0.2, -0.15) is 0 Å². The summed E-state index contributed by atoms with van der Waals surface area (Å²) < 4.78 is 0. The number of fused-ring (bicyclic) bond motifs is 1. The summed E-state index contributed by atoms with van der Waals surface area (Å²) in [5, 5.41) is 9.66. The minimum absolute atomic E-state index is 0.525. The summed E-state index contributed by atoms with van der Waals surface area (Å²) in [5.74, 6) is 0.562. The SMILES string of the molecule is CCC(O)c1ncc2c(n1)CN(C)CC2. The monoisotopic (exact) mass is 207 g/mol. The first-order chi connectivity index (χ1) is 7.20. The summed E-state index contributed by atoms with van der Waals surface area (Å²) in [6, 6.07) is 0. The smallest absolute Gasteiger partial charge is 0.157 e. The Labute approximate surface area is 90.0 Å². The Balaban J connectivity index is 2.28. The van der Waals surface area contributed by atoms with Crippen LogP contribution in [0.5, 0.6) is 0 Å². The summed E-state index contributed by atoms with van der Waals surface area (Å²) in [4.78, 5) is 10.9. The molecule has 0 spiro atoms. The summed E-state index contributed by atoms with van der Waals surface area (Å²) in [5.41, 5.74) is 2.29. The van der Waals surface area contributed by atoms with Crippen LogP contribution in [0.3, 0.4) is 0 Å². The molecule has 4 heteroatoms. The minimum Gasteiger partial charge on any atom is -0.385 e. The van der Waals surface area contributed by atoms with E-state index in [2.05, 4.69) is 21.9 Å². The van der Waals surface area contributed by atoms with Crippen molar-refractivity contribution < 1.29 is 5.11 Å². The molecule has 82 valence electrons. The summed E-state index contributed by atoms with van der Waals surface area (Å²) in [6.45, 7) is 3.85. The zero-order chi connectivity index (χ0) is 10.8. The number of aliphatic hydroxyl groups excluding tert-OH is 1. The molecule has 1 unspecified atom stereocenters. The molecule has 2 rings (SSSR count). The van der Waals surface area contributed by atoms with Gasteiger partial charge in [-0.25, -0.2) is 9.97 Å². The van der Waals surface area contributed by atoms with Gasteiger partial charge in [0.2, 0.25) is 0 Å². The van der Waals surface area contributed by atoms with E-state index >= 15 is 0 Å². The maximum atomic E-state index is 9.66. The number of hydrogen-bond donors (Lipinski definition) is 1. The number of aliphatic hydroxyl groups is 1. The molecule has 0 fully saturated rings. The molecule has 4 nitrogen and oxygen atoms in total. The Bertz CT molecular complexity index is 354. The van der Waals surface area contributed by atoms with E-state index in [0.717, 1.165) is 25.2 Å². The van der Waals surface area contributed by atoms with Gasteiger partial charge in [-0.1, -0.05) is 6.92 Å². The second-order valence-corrected chi connectivity index (χ2v) is 4.11. The Morgan fingerprint density at radius 1 is 1.60 bits per heavy atom. The molecule has 1 aliphatic heterocycles. The predicted molar refractivity (Wildman–Crippen MR) is 57.3 cm³/mol. The van der Waals surface area contributed by atoms with Crippen LogP contribution in [-0.2, 0) is 13.0 Å². The predicted octanol–water partition coefficient (Wildman–Crippen LogP) is 0.908. The van der Waals surface area contributed by atoms with E-state index in [1.54, 1.807) is 0 Å². The molecule has 0 bridgehead atoms. The third kappa shape index (κ3) is 2.16. The largest absolute Gasteiger partial charge is 0.385 e. The van der Waals surface area contributed by atoms with E-state index in [1.165, 1.54) is 5.56 Å². The van der Waals surface area contributed by atoms with E-state index in [4.69, 9.17) is 0 Å². The van der Waals surface area contributed by atoms with Crippen LogP contribution >= 0.6 is 0 Å². The van der Waals surface area contributed by atoms with Gasteiger partial charge < -0.3 is 10.0 Å². The molecule has 1 aliphatic rings. The molecular formula is C11H17N3O. The second-order valence-electron chi connectivity index (χ2n) is 4.11. The van der Waals surface area contributed by atoms with Crippen LogP contribution in [0.4, 0.5) is 0 Å². The van der Waals surface area contributed by atoms with Gasteiger partial charge in [0.15, 0.2) is 5.82 Å². The van der Waals surface area contributed by atoms with Crippen LogP contribution in [0.2, 0.25) is 0 Å². The van der Waals surface area contributed by atoms with Crippen molar-refractivity contribution in [3.8, 4) is 0 Å². The van der Waals surface area contributed by atoms with Gasteiger partial charge >= 0.3 is 0 Å². The van der Waals surface area contributed by atoms with Gasteiger partial charge in [-0.15, -0.1) is 0 Å². The molecule has 0 aliphatic carbocycles. The zero-order valence-electron chi connectivity index (χ0n) is 9.27. The molecule has 0 radical (unpaired) electrons. The van der Waals surface area contributed by atoms with Crippen molar-refractivity contribution in [2.45, 2.75) is 32.4 Å². The quantitative estimate of drug-likeness (QED) is 0.783. The Morgan fingerprint density at radius 2 is 2.40 bits per heavy atom. The fourth-order valence-corrected chi connectivity index (χ4v) is 1.79. The lowest BCUT2D eigenvalue weighted by molar-refractivity contribution is 0.162. The molecule has 0 aromatic carbocycles. The fraction of sp³-hybridized carbons (Fsp3) is 0.636. The Morgan fingerprint density at radius 3 is 3.13 bits per heavy atom. The van der Waals surface area contributed by atoms with Crippen LogP contribution in [0, 0.1) is 0 Å². The van der Waals surface area contributed by atoms with Gasteiger partial charge in [0.1, 0.15) is 6.10 Å². The standard InChI is InChI=1S/C11H17N3O/c1-3-10(15)11-12-6-8-4-5-14(2)7-9(8)13-11/h6,10,15H,3-5,7H2,1-2H3. The van der Waals surface area contributed by atoms with E-state index < -0.39 is 6.10 Å². The first-order valence-electron chi connectivity index (χ1n) is 5.42. The Hall–Kier alpha value is -1.00. The van der Waals surface area contributed by atoms with Gasteiger partial charge in [-0.05, 0) is 25.5 Å². The first kappa shape index (κ1) is 10.5. The first-order valence-corrected chi connectivity index (χ1v) is 5.42. The average Bonchev–Trinajstić information content (AvgIpc) is 2.27. The number of nitrogens with zero attached hydrogens (tertiary/aromatic N) is 3. The minimum atomic E-state index is -0.525. The summed E-state index contributed by atoms with van der Waals surface area (Å²) in [7, 11) is 2.08. The van der Waals surface area contributed by atoms with Gasteiger partial charge in [-0.3, -0.25) is 0 Å². The van der Waals surface area contributed by atoms with Crippen molar-refractivity contribution >= 4 is 0 Å². The van der Waals surface area contributed by atoms with Gasteiger partial charge in [0, 0.05) is 19.3 Å². The number of hydrogen-bond acceptors (Lipinski definition) is 4. The van der Waals surface area contributed by atoms with E-state index in [0.29, 0.717) is 12.2 Å². The van der Waals surface area contributed by atoms with Crippen molar-refractivity contribution in [2.75, 3.05) is 13.6 Å². The van der Waals surface area contributed by atoms with Crippen LogP contribution in [0.25, 0.3) is 0 Å². The molecule has 0 saturated carbocycles. The number of rotatable bonds is 2. The van der Waals surface area contributed by atoms with Crippen LogP contribution in [-0.4, -0.2) is 33.6 Å². The highest BCUT2D eigenvalue weighted by molar-refractivity contribution is 5.20. The molecule has 1 aromatic heterocycles. The molecule has 1 aromatic rings. The Kier molecular flexibility index (Phi) is 2.98.